The summed E-state index contributed by atoms with van der Waals surface area (Å²) in [6.07, 6.45) is 2.58. The highest BCUT2D eigenvalue weighted by molar-refractivity contribution is 5.96. The molecule has 0 radical (unpaired) electrons. The van der Waals surface area contributed by atoms with E-state index in [0.29, 0.717) is 36.0 Å². The number of aromatic amines is 1. The van der Waals surface area contributed by atoms with Gasteiger partial charge in [-0.05, 0) is 43.5 Å². The molecule has 5 nitrogen and oxygen atoms in total. The molecule has 0 saturated heterocycles. The summed E-state index contributed by atoms with van der Waals surface area (Å²) in [5.41, 5.74) is 2.83. The van der Waals surface area contributed by atoms with Crippen LogP contribution in [0, 0.1) is 0 Å². The zero-order valence-electron chi connectivity index (χ0n) is 14.7. The van der Waals surface area contributed by atoms with Gasteiger partial charge in [0.25, 0.3) is 5.56 Å². The van der Waals surface area contributed by atoms with Crippen molar-refractivity contribution < 1.29 is 4.79 Å². The quantitative estimate of drug-likeness (QED) is 0.788. The number of fused-ring (bicyclic) bond motifs is 2. The van der Waals surface area contributed by atoms with Gasteiger partial charge in [0.05, 0.1) is 10.9 Å². The molecule has 1 aliphatic heterocycles. The maximum atomic E-state index is 12.7. The van der Waals surface area contributed by atoms with Crippen LogP contribution in [0.3, 0.4) is 0 Å². The van der Waals surface area contributed by atoms with Gasteiger partial charge in [-0.2, -0.15) is 0 Å². The van der Waals surface area contributed by atoms with Gasteiger partial charge >= 0.3 is 0 Å². The molecule has 3 aromatic rings. The van der Waals surface area contributed by atoms with Crippen molar-refractivity contribution in [2.24, 2.45) is 0 Å². The Balaban J connectivity index is 1.44. The Labute approximate surface area is 151 Å². The third kappa shape index (κ3) is 3.01. The van der Waals surface area contributed by atoms with Crippen LogP contribution in [0.15, 0.2) is 53.3 Å². The van der Waals surface area contributed by atoms with Crippen molar-refractivity contribution in [1.82, 2.24) is 9.97 Å². The SMILES string of the molecule is CC1Cc2ccccc2N1C(=O)CCCc1nc2ccccc2c(=O)[nH]1. The number of hydrogen-bond donors (Lipinski definition) is 1. The molecule has 1 aromatic heterocycles. The van der Waals surface area contributed by atoms with Crippen molar-refractivity contribution in [1.29, 1.82) is 0 Å². The van der Waals surface area contributed by atoms with E-state index >= 15 is 0 Å². The van der Waals surface area contributed by atoms with Gasteiger partial charge in [0, 0.05) is 24.6 Å². The highest BCUT2D eigenvalue weighted by atomic mass is 16.2. The molecule has 0 saturated carbocycles. The molecule has 0 spiro atoms. The molecular weight excluding hydrogens is 326 g/mol. The highest BCUT2D eigenvalue weighted by Gasteiger charge is 2.29. The maximum absolute atomic E-state index is 12.7. The van der Waals surface area contributed by atoms with E-state index in [9.17, 15) is 9.59 Å². The van der Waals surface area contributed by atoms with Crippen LogP contribution < -0.4 is 10.5 Å². The monoisotopic (exact) mass is 347 g/mol. The van der Waals surface area contributed by atoms with Gasteiger partial charge in [-0.1, -0.05) is 30.3 Å². The van der Waals surface area contributed by atoms with Crippen LogP contribution in [-0.4, -0.2) is 21.9 Å². The number of anilines is 1. The summed E-state index contributed by atoms with van der Waals surface area (Å²) in [6.45, 7) is 2.08. The van der Waals surface area contributed by atoms with E-state index in [1.807, 2.05) is 41.3 Å². The Bertz CT molecular complexity index is 1020. The second-order valence-electron chi connectivity index (χ2n) is 6.83. The lowest BCUT2D eigenvalue weighted by Gasteiger charge is -2.22. The summed E-state index contributed by atoms with van der Waals surface area (Å²) in [6, 6.07) is 15.6. The fraction of sp³-hybridized carbons (Fsp3) is 0.286. The van der Waals surface area contributed by atoms with Gasteiger partial charge in [-0.15, -0.1) is 0 Å². The van der Waals surface area contributed by atoms with Crippen molar-refractivity contribution in [2.45, 2.75) is 38.6 Å². The first-order valence-corrected chi connectivity index (χ1v) is 9.01. The van der Waals surface area contributed by atoms with Crippen LogP contribution in [0.2, 0.25) is 0 Å². The van der Waals surface area contributed by atoms with E-state index < -0.39 is 0 Å². The number of H-pyrrole nitrogens is 1. The summed E-state index contributed by atoms with van der Waals surface area (Å²) >= 11 is 0. The maximum Gasteiger partial charge on any atom is 0.258 e. The van der Waals surface area contributed by atoms with Crippen LogP contribution in [0.5, 0.6) is 0 Å². The average molecular weight is 347 g/mol. The molecule has 0 fully saturated rings. The van der Waals surface area contributed by atoms with Crippen LogP contribution in [-0.2, 0) is 17.6 Å². The standard InChI is InChI=1S/C21H21N3O2/c1-14-13-15-7-2-5-10-18(15)24(14)20(25)12-6-11-19-22-17-9-4-3-8-16(17)21(26)23-19/h2-5,7-10,14H,6,11-13H2,1H3,(H,22,23,26). The van der Waals surface area contributed by atoms with Gasteiger partial charge in [-0.3, -0.25) is 9.59 Å². The predicted molar refractivity (Wildman–Crippen MR) is 102 cm³/mol. The number of nitrogens with zero attached hydrogens (tertiary/aromatic N) is 2. The zero-order chi connectivity index (χ0) is 18.1. The molecule has 0 aliphatic carbocycles. The highest BCUT2D eigenvalue weighted by Crippen LogP contribution is 2.32. The van der Waals surface area contributed by atoms with E-state index in [1.165, 1.54) is 5.56 Å². The molecule has 5 heteroatoms. The van der Waals surface area contributed by atoms with Gasteiger partial charge in [-0.25, -0.2) is 4.98 Å². The number of rotatable bonds is 4. The number of aryl methyl sites for hydroxylation is 1. The van der Waals surface area contributed by atoms with E-state index in [0.717, 1.165) is 12.1 Å². The minimum Gasteiger partial charge on any atom is -0.310 e. The number of hydrogen-bond acceptors (Lipinski definition) is 3. The first-order valence-electron chi connectivity index (χ1n) is 9.01. The van der Waals surface area contributed by atoms with Crippen LogP contribution in [0.1, 0.15) is 31.2 Å². The number of carbonyl (C=O) groups excluding carboxylic acids is 1. The van der Waals surface area contributed by atoms with Crippen LogP contribution >= 0.6 is 0 Å². The van der Waals surface area contributed by atoms with Gasteiger partial charge < -0.3 is 9.88 Å². The Morgan fingerprint density at radius 1 is 1.19 bits per heavy atom. The average Bonchev–Trinajstić information content (AvgIpc) is 2.97. The Morgan fingerprint density at radius 3 is 2.85 bits per heavy atom. The molecule has 4 rings (SSSR count). The minimum atomic E-state index is -0.126. The fourth-order valence-corrected chi connectivity index (χ4v) is 3.73. The largest absolute Gasteiger partial charge is 0.310 e. The number of carbonyl (C=O) groups is 1. The molecule has 2 aromatic carbocycles. The molecule has 1 atom stereocenters. The lowest BCUT2D eigenvalue weighted by Crippen LogP contribution is -2.35. The van der Waals surface area contributed by atoms with Crippen molar-refractivity contribution in [2.75, 3.05) is 4.90 Å². The number of nitrogens with one attached hydrogen (secondary N) is 1. The normalized spacial score (nSPS) is 16.0. The Morgan fingerprint density at radius 2 is 1.96 bits per heavy atom. The fourth-order valence-electron chi connectivity index (χ4n) is 3.73. The van der Waals surface area contributed by atoms with Crippen LogP contribution in [0.4, 0.5) is 5.69 Å². The lowest BCUT2D eigenvalue weighted by molar-refractivity contribution is -0.119. The number of amides is 1. The summed E-state index contributed by atoms with van der Waals surface area (Å²) < 4.78 is 0. The van der Waals surface area contributed by atoms with Crippen molar-refractivity contribution in [3.05, 3.63) is 70.3 Å². The van der Waals surface area contributed by atoms with Crippen molar-refractivity contribution in [3.63, 3.8) is 0 Å². The molecule has 1 aliphatic rings. The molecule has 1 N–H and O–H groups in total. The smallest absolute Gasteiger partial charge is 0.258 e. The lowest BCUT2D eigenvalue weighted by atomic mass is 10.1. The third-order valence-electron chi connectivity index (χ3n) is 4.94. The van der Waals surface area contributed by atoms with Crippen LogP contribution in [0.25, 0.3) is 10.9 Å². The molecule has 1 unspecified atom stereocenters. The van der Waals surface area contributed by atoms with E-state index in [-0.39, 0.29) is 17.5 Å². The second-order valence-corrected chi connectivity index (χ2v) is 6.83. The number of aromatic nitrogens is 2. The molecule has 26 heavy (non-hydrogen) atoms. The molecule has 0 bridgehead atoms. The Kier molecular flexibility index (Phi) is 4.29. The third-order valence-corrected chi connectivity index (χ3v) is 4.94. The summed E-state index contributed by atoms with van der Waals surface area (Å²) in [5, 5.41) is 0.592. The van der Waals surface area contributed by atoms with E-state index in [1.54, 1.807) is 6.07 Å². The molecule has 132 valence electrons. The number of para-hydroxylation sites is 2. The van der Waals surface area contributed by atoms with Gasteiger partial charge in [0.15, 0.2) is 0 Å². The molecular formula is C21H21N3O2. The zero-order valence-corrected chi connectivity index (χ0v) is 14.7. The molecule has 1 amide bonds. The summed E-state index contributed by atoms with van der Waals surface area (Å²) in [5.74, 6) is 0.766. The van der Waals surface area contributed by atoms with Gasteiger partial charge in [0.2, 0.25) is 5.91 Å². The Hall–Kier alpha value is -2.95. The van der Waals surface area contributed by atoms with Gasteiger partial charge in [0.1, 0.15) is 5.82 Å². The molecule has 2 heterocycles. The van der Waals surface area contributed by atoms with Crippen molar-refractivity contribution >= 4 is 22.5 Å². The number of benzene rings is 2. The second kappa shape index (κ2) is 6.75. The first kappa shape index (κ1) is 16.5. The van der Waals surface area contributed by atoms with E-state index in [2.05, 4.69) is 23.0 Å². The summed E-state index contributed by atoms with van der Waals surface area (Å²) in [7, 11) is 0. The topological polar surface area (TPSA) is 66.1 Å². The first-order chi connectivity index (χ1) is 12.6. The predicted octanol–water partition coefficient (Wildman–Crippen LogP) is 3.22. The van der Waals surface area contributed by atoms with E-state index in [4.69, 9.17) is 0 Å². The van der Waals surface area contributed by atoms with Crippen molar-refractivity contribution in [3.8, 4) is 0 Å². The minimum absolute atomic E-state index is 0.126. The summed E-state index contributed by atoms with van der Waals surface area (Å²) in [4.78, 5) is 34.1.